The predicted octanol–water partition coefficient (Wildman–Crippen LogP) is 1.85. The van der Waals surface area contributed by atoms with Crippen LogP contribution in [0.15, 0.2) is 24.3 Å². The van der Waals surface area contributed by atoms with E-state index in [0.29, 0.717) is 0 Å². The van der Waals surface area contributed by atoms with Crippen molar-refractivity contribution in [2.45, 2.75) is 45.7 Å². The number of hydrogen-bond donors (Lipinski definition) is 1. The highest BCUT2D eigenvalue weighted by Crippen LogP contribution is 2.25. The first-order valence-electron chi connectivity index (χ1n) is 8.80. The maximum Gasteiger partial charge on any atom is 0.214 e. The van der Waals surface area contributed by atoms with Gasteiger partial charge in [0.1, 0.15) is 0 Å². The van der Waals surface area contributed by atoms with Crippen LogP contribution in [0, 0.1) is 6.92 Å². The molecular formula is C18H28N5S+. The highest BCUT2D eigenvalue weighted by Gasteiger charge is 2.35. The van der Waals surface area contributed by atoms with Gasteiger partial charge in [0.2, 0.25) is 5.82 Å². The van der Waals surface area contributed by atoms with Gasteiger partial charge >= 0.3 is 0 Å². The second-order valence-corrected chi connectivity index (χ2v) is 8.45. The Labute approximate surface area is 148 Å². The van der Waals surface area contributed by atoms with Crippen molar-refractivity contribution in [3.63, 3.8) is 0 Å². The quantitative estimate of drug-likeness (QED) is 0.898. The Hall–Kier alpha value is -1.40. The lowest BCUT2D eigenvalue weighted by atomic mass is 9.99. The van der Waals surface area contributed by atoms with Crippen molar-refractivity contribution >= 4 is 11.8 Å². The van der Waals surface area contributed by atoms with Crippen LogP contribution in [0.25, 0.3) is 0 Å². The van der Waals surface area contributed by atoms with Crippen LogP contribution in [0.4, 0.5) is 0 Å². The van der Waals surface area contributed by atoms with Crippen LogP contribution < -0.4 is 4.90 Å². The van der Waals surface area contributed by atoms with Gasteiger partial charge in [-0.1, -0.05) is 36.8 Å². The number of rotatable bonds is 5. The molecule has 0 aliphatic carbocycles. The van der Waals surface area contributed by atoms with Gasteiger partial charge in [-0.25, -0.2) is 4.68 Å². The van der Waals surface area contributed by atoms with Crippen molar-refractivity contribution in [1.29, 1.82) is 0 Å². The summed E-state index contributed by atoms with van der Waals surface area (Å²) in [6.45, 7) is 11.1. The number of thioether (sulfide) groups is 1. The van der Waals surface area contributed by atoms with Gasteiger partial charge in [-0.3, -0.25) is 0 Å². The van der Waals surface area contributed by atoms with Crippen LogP contribution in [-0.2, 0) is 5.54 Å². The first-order valence-corrected chi connectivity index (χ1v) is 9.96. The molecule has 0 radical (unpaired) electrons. The fourth-order valence-corrected chi connectivity index (χ4v) is 4.22. The van der Waals surface area contributed by atoms with Gasteiger partial charge in [-0.05, 0) is 37.6 Å². The molecule has 24 heavy (non-hydrogen) atoms. The van der Waals surface area contributed by atoms with Gasteiger partial charge in [0.15, 0.2) is 6.04 Å². The summed E-state index contributed by atoms with van der Waals surface area (Å²) >= 11 is 2.05. The number of benzene rings is 1. The van der Waals surface area contributed by atoms with E-state index in [1.54, 1.807) is 4.90 Å². The fraction of sp³-hybridized carbons (Fsp3) is 0.611. The minimum Gasteiger partial charge on any atom is -0.321 e. The van der Waals surface area contributed by atoms with Crippen molar-refractivity contribution in [2.24, 2.45) is 0 Å². The number of aromatic nitrogens is 4. The Morgan fingerprint density at radius 3 is 2.50 bits per heavy atom. The Morgan fingerprint density at radius 1 is 1.21 bits per heavy atom. The molecule has 1 aromatic heterocycles. The van der Waals surface area contributed by atoms with E-state index in [9.17, 15) is 0 Å². The lowest BCUT2D eigenvalue weighted by molar-refractivity contribution is -0.922. The number of nitrogens with one attached hydrogen (secondary N) is 1. The van der Waals surface area contributed by atoms with Gasteiger partial charge in [-0.15, -0.1) is 5.10 Å². The molecule has 5 nitrogen and oxygen atoms in total. The van der Waals surface area contributed by atoms with Gasteiger partial charge in [0, 0.05) is 17.1 Å². The first-order chi connectivity index (χ1) is 11.5. The number of hydrogen-bond acceptors (Lipinski definition) is 4. The van der Waals surface area contributed by atoms with Crippen molar-refractivity contribution in [3.05, 3.63) is 41.2 Å². The molecule has 0 saturated carbocycles. The van der Waals surface area contributed by atoms with E-state index in [1.165, 1.54) is 22.6 Å². The van der Waals surface area contributed by atoms with E-state index >= 15 is 0 Å². The third-order valence-corrected chi connectivity index (χ3v) is 6.13. The molecule has 130 valence electrons. The van der Waals surface area contributed by atoms with E-state index in [1.807, 2.05) is 16.4 Å². The smallest absolute Gasteiger partial charge is 0.214 e. The average Bonchev–Trinajstić information content (AvgIpc) is 3.08. The Kier molecular flexibility index (Phi) is 5.25. The summed E-state index contributed by atoms with van der Waals surface area (Å²) < 4.78 is 2.05. The van der Waals surface area contributed by atoms with Crippen molar-refractivity contribution in [3.8, 4) is 0 Å². The Balaban J connectivity index is 2.05. The molecule has 0 amide bonds. The number of tetrazole rings is 1. The zero-order valence-corrected chi connectivity index (χ0v) is 15.9. The van der Waals surface area contributed by atoms with Crippen molar-refractivity contribution < 1.29 is 4.90 Å². The summed E-state index contributed by atoms with van der Waals surface area (Å²) in [7, 11) is 0. The molecule has 1 atom stereocenters. The molecule has 0 unspecified atom stereocenters. The molecule has 1 aliphatic heterocycles. The lowest BCUT2D eigenvalue weighted by Crippen LogP contribution is -3.14. The molecular weight excluding hydrogens is 318 g/mol. The van der Waals surface area contributed by atoms with Gasteiger partial charge in [0.25, 0.3) is 0 Å². The monoisotopic (exact) mass is 346 g/mol. The molecule has 6 heteroatoms. The summed E-state index contributed by atoms with van der Waals surface area (Å²) in [6.07, 6.45) is 0.997. The van der Waals surface area contributed by atoms with Crippen molar-refractivity contribution in [1.82, 2.24) is 20.2 Å². The van der Waals surface area contributed by atoms with E-state index in [-0.39, 0.29) is 11.6 Å². The summed E-state index contributed by atoms with van der Waals surface area (Å²) in [5.74, 6) is 3.40. The summed E-state index contributed by atoms with van der Waals surface area (Å²) in [4.78, 5) is 1.57. The van der Waals surface area contributed by atoms with Crippen LogP contribution in [0.1, 0.15) is 50.2 Å². The first kappa shape index (κ1) is 17.4. The molecule has 1 aromatic carbocycles. The average molecular weight is 347 g/mol. The number of quaternary nitrogens is 1. The normalized spacial score (nSPS) is 17.8. The standard InChI is InChI=1S/C18H27N5S/c1-5-18(3,4)23-17(19-20-21-23)16(22-10-12-24-13-11-22)15-8-6-14(2)7-9-15/h6-9,16H,5,10-13H2,1-4H3/p+1/t16-/m1/s1. The Morgan fingerprint density at radius 2 is 1.88 bits per heavy atom. The maximum atomic E-state index is 4.48. The van der Waals surface area contributed by atoms with Crippen LogP contribution in [0.3, 0.4) is 0 Å². The second kappa shape index (κ2) is 7.23. The third-order valence-electron chi connectivity index (χ3n) is 5.14. The van der Waals surface area contributed by atoms with Gasteiger partial charge < -0.3 is 4.90 Å². The summed E-state index contributed by atoms with van der Waals surface area (Å²) in [5, 5.41) is 12.9. The highest BCUT2D eigenvalue weighted by atomic mass is 32.2. The van der Waals surface area contributed by atoms with Crippen LogP contribution in [-0.4, -0.2) is 44.8 Å². The van der Waals surface area contributed by atoms with Crippen molar-refractivity contribution in [2.75, 3.05) is 24.6 Å². The van der Waals surface area contributed by atoms with E-state index < -0.39 is 0 Å². The second-order valence-electron chi connectivity index (χ2n) is 7.23. The van der Waals surface area contributed by atoms with E-state index in [4.69, 9.17) is 0 Å². The summed E-state index contributed by atoms with van der Waals surface area (Å²) in [5.41, 5.74) is 2.52. The highest BCUT2D eigenvalue weighted by molar-refractivity contribution is 7.99. The molecule has 1 N–H and O–H groups in total. The molecule has 2 aromatic rings. The number of nitrogens with zero attached hydrogens (tertiary/aromatic N) is 4. The van der Waals surface area contributed by atoms with Crippen LogP contribution in [0.2, 0.25) is 0 Å². The Bertz CT molecular complexity index is 658. The van der Waals surface area contributed by atoms with E-state index in [0.717, 1.165) is 25.3 Å². The SMILES string of the molecule is CCC(C)(C)n1nnnc1[C@@H](c1ccc(C)cc1)[NH+]1CCSCC1. The van der Waals surface area contributed by atoms with E-state index in [2.05, 4.69) is 67.5 Å². The molecule has 3 rings (SSSR count). The molecule has 1 fully saturated rings. The zero-order valence-electron chi connectivity index (χ0n) is 15.1. The minimum absolute atomic E-state index is 0.0776. The van der Waals surface area contributed by atoms with Crippen LogP contribution >= 0.6 is 11.8 Å². The van der Waals surface area contributed by atoms with Gasteiger partial charge in [-0.2, -0.15) is 11.8 Å². The topological polar surface area (TPSA) is 48.0 Å². The van der Waals surface area contributed by atoms with Gasteiger partial charge in [0.05, 0.1) is 18.6 Å². The molecule has 2 heterocycles. The summed E-state index contributed by atoms with van der Waals surface area (Å²) in [6, 6.07) is 9.07. The number of aryl methyl sites for hydroxylation is 1. The third kappa shape index (κ3) is 3.49. The van der Waals surface area contributed by atoms with Crippen LogP contribution in [0.5, 0.6) is 0 Å². The predicted molar refractivity (Wildman–Crippen MR) is 98.5 cm³/mol. The zero-order chi connectivity index (χ0) is 17.2. The molecule has 0 bridgehead atoms. The molecule has 1 aliphatic rings. The fourth-order valence-electron chi connectivity index (χ4n) is 3.20. The lowest BCUT2D eigenvalue weighted by Gasteiger charge is -2.33. The molecule has 1 saturated heterocycles. The minimum atomic E-state index is -0.0776. The molecule has 0 spiro atoms. The largest absolute Gasteiger partial charge is 0.321 e. The maximum absolute atomic E-state index is 4.48.